The van der Waals surface area contributed by atoms with Gasteiger partial charge in [-0.2, -0.15) is 9.97 Å². The van der Waals surface area contributed by atoms with Crippen molar-refractivity contribution in [2.75, 3.05) is 0 Å². The quantitative estimate of drug-likeness (QED) is 0.193. The molecule has 0 radical (unpaired) electrons. The zero-order valence-electron chi connectivity index (χ0n) is 24.8. The molecule has 0 fully saturated rings. The molecule has 0 spiro atoms. The molecule has 7 heteroatoms. The lowest BCUT2D eigenvalue weighted by Crippen LogP contribution is -2.06. The summed E-state index contributed by atoms with van der Waals surface area (Å²) in [6, 6.07) is 48.5. The van der Waals surface area contributed by atoms with Crippen LogP contribution in [0.25, 0.3) is 91.5 Å². The number of hydrogen-bond acceptors (Lipinski definition) is 6. The minimum atomic E-state index is 0.598. The van der Waals surface area contributed by atoms with Crippen molar-refractivity contribution < 1.29 is 0 Å². The highest BCUT2D eigenvalue weighted by molar-refractivity contribution is 7.26. The Kier molecular flexibility index (Phi) is 5.85. The Bertz CT molecular complexity index is 2720. The molecule has 0 aliphatic heterocycles. The molecule has 6 aromatic carbocycles. The van der Waals surface area contributed by atoms with Crippen LogP contribution in [0.15, 0.2) is 140 Å². The van der Waals surface area contributed by atoms with Crippen LogP contribution in [0.4, 0.5) is 0 Å². The van der Waals surface area contributed by atoms with Crippen LogP contribution in [0.3, 0.4) is 0 Å². The smallest absolute Gasteiger partial charge is 0.238 e. The number of nitrogens with zero attached hydrogens (tertiary/aromatic N) is 5. The van der Waals surface area contributed by atoms with Gasteiger partial charge in [0.05, 0.1) is 21.3 Å². The number of fused-ring (bicyclic) bond motifs is 7. The van der Waals surface area contributed by atoms with Gasteiger partial charge < -0.3 is 0 Å². The first-order valence-corrected chi connectivity index (χ1v) is 17.0. The lowest BCUT2D eigenvalue weighted by molar-refractivity contribution is 0.954. The van der Waals surface area contributed by atoms with Crippen LogP contribution in [0, 0.1) is 0 Å². The van der Waals surface area contributed by atoms with Crippen LogP contribution in [0.1, 0.15) is 0 Å². The van der Waals surface area contributed by atoms with Gasteiger partial charge in [0.2, 0.25) is 5.95 Å². The minimum absolute atomic E-state index is 0.598. The molecule has 5 nitrogen and oxygen atoms in total. The molecule has 0 atom stereocenters. The average molecular weight is 638 g/mol. The van der Waals surface area contributed by atoms with Gasteiger partial charge in [0.15, 0.2) is 11.6 Å². The predicted molar refractivity (Wildman–Crippen MR) is 197 cm³/mol. The van der Waals surface area contributed by atoms with Crippen molar-refractivity contribution in [1.29, 1.82) is 0 Å². The van der Waals surface area contributed by atoms with E-state index in [2.05, 4.69) is 120 Å². The number of thiophene rings is 1. The lowest BCUT2D eigenvalue weighted by Gasteiger charge is -2.11. The average Bonchev–Trinajstić information content (AvgIpc) is 3.83. The summed E-state index contributed by atoms with van der Waals surface area (Å²) >= 11 is 3.52. The first kappa shape index (κ1) is 26.5. The largest absolute Gasteiger partial charge is 0.278 e. The molecular formula is C40H23N5S2. The van der Waals surface area contributed by atoms with Crippen molar-refractivity contribution in [1.82, 2.24) is 24.5 Å². The molecule has 0 saturated heterocycles. The molecule has 47 heavy (non-hydrogen) atoms. The second kappa shape index (κ2) is 10.4. The number of rotatable bonds is 4. The Balaban J connectivity index is 1.21. The molecule has 0 bridgehead atoms. The van der Waals surface area contributed by atoms with E-state index in [4.69, 9.17) is 19.9 Å². The fourth-order valence-electron chi connectivity index (χ4n) is 6.58. The number of aromatic nitrogens is 5. The molecule has 10 aromatic rings. The third-order valence-electron chi connectivity index (χ3n) is 8.71. The van der Waals surface area contributed by atoms with Crippen LogP contribution >= 0.6 is 22.7 Å². The molecule has 4 aromatic heterocycles. The molecule has 10 rings (SSSR count). The second-order valence-corrected chi connectivity index (χ2v) is 13.6. The van der Waals surface area contributed by atoms with E-state index in [-0.39, 0.29) is 0 Å². The SMILES string of the molecule is c1ccc(-c2nc(-c3cccc4sc5cc(-c6nc7ccccc7s6)ccc5c34)nc(-n3c4ccccc4c4ccccc43)n2)cc1. The van der Waals surface area contributed by atoms with E-state index in [1.165, 1.54) is 30.3 Å². The molecule has 0 amide bonds. The van der Waals surface area contributed by atoms with E-state index < -0.39 is 0 Å². The molecular weight excluding hydrogens is 615 g/mol. The predicted octanol–water partition coefficient (Wildman–Crippen LogP) is 10.9. The van der Waals surface area contributed by atoms with E-state index in [0.29, 0.717) is 17.6 Å². The molecule has 0 N–H and O–H groups in total. The Hall–Kier alpha value is -5.76. The van der Waals surface area contributed by atoms with Crippen molar-refractivity contribution in [2.24, 2.45) is 0 Å². The fourth-order valence-corrected chi connectivity index (χ4v) is 8.71. The Morgan fingerprint density at radius 3 is 1.96 bits per heavy atom. The van der Waals surface area contributed by atoms with Crippen molar-refractivity contribution >= 4 is 74.9 Å². The zero-order chi connectivity index (χ0) is 30.9. The highest BCUT2D eigenvalue weighted by atomic mass is 32.1. The summed E-state index contributed by atoms with van der Waals surface area (Å²) in [6.07, 6.45) is 0. The first-order valence-electron chi connectivity index (χ1n) is 15.4. The van der Waals surface area contributed by atoms with Gasteiger partial charge in [0.25, 0.3) is 0 Å². The van der Waals surface area contributed by atoms with Crippen molar-refractivity contribution in [2.45, 2.75) is 0 Å². The van der Waals surface area contributed by atoms with Gasteiger partial charge in [-0.3, -0.25) is 4.57 Å². The number of benzene rings is 6. The van der Waals surface area contributed by atoms with Gasteiger partial charge in [-0.05, 0) is 36.4 Å². The molecule has 4 heterocycles. The van der Waals surface area contributed by atoms with Crippen molar-refractivity contribution in [3.05, 3.63) is 140 Å². The van der Waals surface area contributed by atoms with Crippen molar-refractivity contribution in [3.63, 3.8) is 0 Å². The molecule has 0 saturated carbocycles. The molecule has 220 valence electrons. The molecule has 0 unspecified atom stereocenters. The number of hydrogen-bond donors (Lipinski definition) is 0. The molecule has 0 aliphatic rings. The van der Waals surface area contributed by atoms with Gasteiger partial charge >= 0.3 is 0 Å². The summed E-state index contributed by atoms with van der Waals surface area (Å²) in [5.41, 5.74) is 6.23. The number of thiazole rings is 1. The highest BCUT2D eigenvalue weighted by Crippen LogP contribution is 2.42. The maximum Gasteiger partial charge on any atom is 0.238 e. The maximum atomic E-state index is 5.23. The Morgan fingerprint density at radius 2 is 1.15 bits per heavy atom. The summed E-state index contributed by atoms with van der Waals surface area (Å²) in [7, 11) is 0. The fraction of sp³-hybridized carbons (Fsp3) is 0. The highest BCUT2D eigenvalue weighted by Gasteiger charge is 2.20. The van der Waals surface area contributed by atoms with Crippen LogP contribution in [-0.4, -0.2) is 24.5 Å². The summed E-state index contributed by atoms with van der Waals surface area (Å²) in [6.45, 7) is 0. The van der Waals surface area contributed by atoms with Crippen LogP contribution in [0.5, 0.6) is 0 Å². The van der Waals surface area contributed by atoms with E-state index in [1.807, 2.05) is 24.3 Å². The summed E-state index contributed by atoms with van der Waals surface area (Å²) in [5, 5.41) is 5.71. The van der Waals surface area contributed by atoms with E-state index in [1.54, 1.807) is 22.7 Å². The van der Waals surface area contributed by atoms with Gasteiger partial charge in [0, 0.05) is 47.6 Å². The topological polar surface area (TPSA) is 56.5 Å². The van der Waals surface area contributed by atoms with Gasteiger partial charge in [-0.25, -0.2) is 9.97 Å². The zero-order valence-corrected chi connectivity index (χ0v) is 26.5. The van der Waals surface area contributed by atoms with Gasteiger partial charge in [-0.15, -0.1) is 22.7 Å². The standard InChI is InChI=1S/C40H23N5S2/c1-2-11-24(12-3-1)37-42-38(44-40(43-37)45-31-17-7-4-13-26(31)27-14-5-8-18-32(27)45)29-15-10-20-34-36(29)28-22-21-25(23-35(28)46-34)39-41-30-16-6-9-19-33(30)47-39/h1-23H. The van der Waals surface area contributed by atoms with Crippen molar-refractivity contribution in [3.8, 4) is 39.3 Å². The number of para-hydroxylation sites is 3. The van der Waals surface area contributed by atoms with E-state index in [0.717, 1.165) is 43.6 Å². The van der Waals surface area contributed by atoms with Crippen LogP contribution in [-0.2, 0) is 0 Å². The van der Waals surface area contributed by atoms with Gasteiger partial charge in [0.1, 0.15) is 5.01 Å². The van der Waals surface area contributed by atoms with Crippen LogP contribution in [0.2, 0.25) is 0 Å². The second-order valence-electron chi connectivity index (χ2n) is 11.5. The van der Waals surface area contributed by atoms with Gasteiger partial charge in [-0.1, -0.05) is 103 Å². The third kappa shape index (κ3) is 4.21. The third-order valence-corrected chi connectivity index (χ3v) is 10.9. The monoisotopic (exact) mass is 637 g/mol. The Labute approximate surface area is 277 Å². The maximum absolute atomic E-state index is 5.23. The van der Waals surface area contributed by atoms with E-state index >= 15 is 0 Å². The first-order chi connectivity index (χ1) is 23.3. The van der Waals surface area contributed by atoms with Crippen LogP contribution < -0.4 is 0 Å². The summed E-state index contributed by atoms with van der Waals surface area (Å²) in [4.78, 5) is 20.4. The molecule has 0 aliphatic carbocycles. The minimum Gasteiger partial charge on any atom is -0.278 e. The summed E-state index contributed by atoms with van der Waals surface area (Å²) in [5.74, 6) is 1.89. The van der Waals surface area contributed by atoms with E-state index in [9.17, 15) is 0 Å². The lowest BCUT2D eigenvalue weighted by atomic mass is 10.0. The summed E-state index contributed by atoms with van der Waals surface area (Å²) < 4.78 is 5.77. The normalized spacial score (nSPS) is 11.8. The Morgan fingerprint density at radius 1 is 0.447 bits per heavy atom.